The first-order valence-corrected chi connectivity index (χ1v) is 6.53. The van der Waals surface area contributed by atoms with Gasteiger partial charge in [0, 0.05) is 12.2 Å². The molecule has 3 heteroatoms. The van der Waals surface area contributed by atoms with E-state index in [2.05, 4.69) is 65.3 Å². The number of benzene rings is 2. The summed E-state index contributed by atoms with van der Waals surface area (Å²) in [5.74, 6) is 0. The van der Waals surface area contributed by atoms with E-state index in [-0.39, 0.29) is 5.50 Å². The Kier molecular flexibility index (Phi) is 2.95. The summed E-state index contributed by atoms with van der Waals surface area (Å²) >= 11 is 4.58. The maximum Gasteiger partial charge on any atom is 0.125 e. The van der Waals surface area contributed by atoms with Gasteiger partial charge in [-0.25, -0.2) is 0 Å². The third-order valence-electron chi connectivity index (χ3n) is 3.26. The van der Waals surface area contributed by atoms with Crippen LogP contribution in [0, 0.1) is 0 Å². The van der Waals surface area contributed by atoms with E-state index in [4.69, 9.17) is 0 Å². The Balaban J connectivity index is 1.99. The van der Waals surface area contributed by atoms with Gasteiger partial charge in [0.2, 0.25) is 0 Å². The van der Waals surface area contributed by atoms with Gasteiger partial charge in [-0.05, 0) is 35.9 Å². The molecule has 3 rings (SSSR count). The lowest BCUT2D eigenvalue weighted by Crippen LogP contribution is -2.48. The molecule has 1 unspecified atom stereocenters. The number of thiol groups is 1. The lowest BCUT2D eigenvalue weighted by molar-refractivity contribution is 0.525. The van der Waals surface area contributed by atoms with Crippen molar-refractivity contribution < 1.29 is 0 Å². The van der Waals surface area contributed by atoms with Crippen LogP contribution in [0.3, 0.4) is 0 Å². The predicted molar refractivity (Wildman–Crippen MR) is 76.7 cm³/mol. The van der Waals surface area contributed by atoms with Crippen molar-refractivity contribution in [3.8, 4) is 0 Å². The molecule has 0 radical (unpaired) electrons. The Morgan fingerprint density at radius 2 is 1.94 bits per heavy atom. The number of hydrogen-bond donors (Lipinski definition) is 2. The van der Waals surface area contributed by atoms with Crippen LogP contribution in [0.15, 0.2) is 42.5 Å². The van der Waals surface area contributed by atoms with E-state index in [9.17, 15) is 0 Å². The molecule has 1 aliphatic rings. The number of rotatable bonds is 1. The van der Waals surface area contributed by atoms with Crippen LogP contribution < -0.4 is 10.2 Å². The molecule has 1 fully saturated rings. The molecule has 1 saturated heterocycles. The molecule has 0 aromatic heterocycles. The molecule has 0 aliphatic carbocycles. The van der Waals surface area contributed by atoms with Crippen molar-refractivity contribution in [1.29, 1.82) is 0 Å². The fourth-order valence-electron chi connectivity index (χ4n) is 2.34. The quantitative estimate of drug-likeness (QED) is 0.750. The van der Waals surface area contributed by atoms with Crippen molar-refractivity contribution in [1.82, 2.24) is 5.32 Å². The zero-order valence-corrected chi connectivity index (χ0v) is 10.5. The highest BCUT2D eigenvalue weighted by molar-refractivity contribution is 7.81. The zero-order chi connectivity index (χ0) is 11.7. The molecule has 0 bridgehead atoms. The molecule has 1 atom stereocenters. The van der Waals surface area contributed by atoms with E-state index < -0.39 is 0 Å². The lowest BCUT2D eigenvalue weighted by atomic mass is 10.1. The minimum Gasteiger partial charge on any atom is -0.347 e. The van der Waals surface area contributed by atoms with Crippen LogP contribution in [0.1, 0.15) is 6.42 Å². The largest absolute Gasteiger partial charge is 0.347 e. The molecule has 2 nitrogen and oxygen atoms in total. The van der Waals surface area contributed by atoms with Gasteiger partial charge in [-0.1, -0.05) is 30.3 Å². The normalized spacial score (nSPS) is 20.8. The molecular weight excluding hydrogens is 228 g/mol. The molecular formula is C14H16N2S. The Morgan fingerprint density at radius 3 is 2.76 bits per heavy atom. The Labute approximate surface area is 107 Å². The molecule has 2 aromatic rings. The molecule has 1 heterocycles. The number of anilines is 1. The van der Waals surface area contributed by atoms with Gasteiger partial charge in [-0.3, -0.25) is 5.32 Å². The molecule has 17 heavy (non-hydrogen) atoms. The first kappa shape index (κ1) is 10.9. The molecule has 0 amide bonds. The summed E-state index contributed by atoms with van der Waals surface area (Å²) in [6.07, 6.45) is 1.17. The van der Waals surface area contributed by atoms with E-state index in [1.54, 1.807) is 0 Å². The first-order valence-electron chi connectivity index (χ1n) is 6.01. The highest BCUT2D eigenvalue weighted by atomic mass is 32.1. The summed E-state index contributed by atoms with van der Waals surface area (Å²) < 4.78 is 0. The summed E-state index contributed by atoms with van der Waals surface area (Å²) in [7, 11) is 0. The van der Waals surface area contributed by atoms with Crippen LogP contribution in [-0.2, 0) is 0 Å². The number of nitrogens with one attached hydrogen (secondary N) is 1. The average Bonchev–Trinajstić information content (AvgIpc) is 2.39. The summed E-state index contributed by atoms with van der Waals surface area (Å²) in [6, 6.07) is 15.1. The highest BCUT2D eigenvalue weighted by Gasteiger charge is 2.18. The van der Waals surface area contributed by atoms with Gasteiger partial charge in [0.1, 0.15) is 5.50 Å². The van der Waals surface area contributed by atoms with Gasteiger partial charge in [0.05, 0.1) is 0 Å². The molecule has 0 spiro atoms. The van der Waals surface area contributed by atoms with Gasteiger partial charge < -0.3 is 4.90 Å². The van der Waals surface area contributed by atoms with Crippen molar-refractivity contribution in [3.63, 3.8) is 0 Å². The van der Waals surface area contributed by atoms with Gasteiger partial charge in [0.25, 0.3) is 0 Å². The van der Waals surface area contributed by atoms with Gasteiger partial charge in [-0.15, -0.1) is 12.6 Å². The van der Waals surface area contributed by atoms with Crippen molar-refractivity contribution >= 4 is 29.1 Å². The van der Waals surface area contributed by atoms with E-state index in [1.807, 2.05) is 0 Å². The second kappa shape index (κ2) is 4.59. The maximum atomic E-state index is 4.58. The minimum atomic E-state index is 0.130. The topological polar surface area (TPSA) is 15.3 Å². The smallest absolute Gasteiger partial charge is 0.125 e. The van der Waals surface area contributed by atoms with Crippen LogP contribution in [0.4, 0.5) is 5.69 Å². The summed E-state index contributed by atoms with van der Waals surface area (Å²) in [6.45, 7) is 2.12. The number of nitrogens with zero attached hydrogens (tertiary/aromatic N) is 1. The summed E-state index contributed by atoms with van der Waals surface area (Å²) in [4.78, 5) is 2.30. The molecule has 2 aromatic carbocycles. The van der Waals surface area contributed by atoms with Crippen LogP contribution in [0.2, 0.25) is 0 Å². The molecule has 1 aliphatic heterocycles. The van der Waals surface area contributed by atoms with Crippen molar-refractivity contribution in [2.45, 2.75) is 11.9 Å². The van der Waals surface area contributed by atoms with E-state index in [1.165, 1.54) is 22.9 Å². The second-order valence-electron chi connectivity index (χ2n) is 4.41. The van der Waals surface area contributed by atoms with Crippen LogP contribution in [-0.4, -0.2) is 18.6 Å². The SMILES string of the molecule is SC1NCCCN1c1ccc2ccccc2c1. The fraction of sp³-hybridized carbons (Fsp3) is 0.286. The standard InChI is InChI=1S/C14H16N2S/c17-14-15-8-3-9-16(14)13-7-6-11-4-1-2-5-12(11)10-13/h1-2,4-7,10,14-15,17H,3,8-9H2. The molecule has 1 N–H and O–H groups in total. The van der Waals surface area contributed by atoms with E-state index in [0.29, 0.717) is 0 Å². The second-order valence-corrected chi connectivity index (χ2v) is 4.90. The van der Waals surface area contributed by atoms with Crippen LogP contribution in [0.5, 0.6) is 0 Å². The molecule has 0 saturated carbocycles. The fourth-order valence-corrected chi connectivity index (χ4v) is 2.72. The summed E-state index contributed by atoms with van der Waals surface area (Å²) in [5.41, 5.74) is 1.38. The maximum absolute atomic E-state index is 4.58. The monoisotopic (exact) mass is 244 g/mol. The van der Waals surface area contributed by atoms with Gasteiger partial charge >= 0.3 is 0 Å². The highest BCUT2D eigenvalue weighted by Crippen LogP contribution is 2.25. The van der Waals surface area contributed by atoms with Crippen molar-refractivity contribution in [2.75, 3.05) is 18.0 Å². The van der Waals surface area contributed by atoms with Crippen molar-refractivity contribution in [3.05, 3.63) is 42.5 Å². The Hall–Kier alpha value is -1.19. The lowest BCUT2D eigenvalue weighted by Gasteiger charge is -2.35. The van der Waals surface area contributed by atoms with Crippen LogP contribution >= 0.6 is 12.6 Å². The summed E-state index contributed by atoms with van der Waals surface area (Å²) in [5, 5.41) is 5.95. The van der Waals surface area contributed by atoms with Crippen molar-refractivity contribution in [2.24, 2.45) is 0 Å². The predicted octanol–water partition coefficient (Wildman–Crippen LogP) is 2.85. The zero-order valence-electron chi connectivity index (χ0n) is 9.63. The van der Waals surface area contributed by atoms with Crippen LogP contribution in [0.25, 0.3) is 10.8 Å². The number of fused-ring (bicyclic) bond motifs is 1. The Bertz CT molecular complexity index is 526. The number of hydrogen-bond acceptors (Lipinski definition) is 3. The molecule has 88 valence electrons. The van der Waals surface area contributed by atoms with Gasteiger partial charge in [-0.2, -0.15) is 0 Å². The first-order chi connectivity index (χ1) is 8.34. The Morgan fingerprint density at radius 1 is 1.12 bits per heavy atom. The minimum absolute atomic E-state index is 0.130. The average molecular weight is 244 g/mol. The third kappa shape index (κ3) is 2.13. The third-order valence-corrected chi connectivity index (χ3v) is 3.72. The van der Waals surface area contributed by atoms with E-state index in [0.717, 1.165) is 13.1 Å². The van der Waals surface area contributed by atoms with E-state index >= 15 is 0 Å². The van der Waals surface area contributed by atoms with Gasteiger partial charge in [0.15, 0.2) is 0 Å².